The maximum Gasteiger partial charge on any atom is 0.317 e. The molecule has 18 heavy (non-hydrogen) atoms. The topological polar surface area (TPSA) is 89.9 Å². The molecule has 6 nitrogen and oxygen atoms in total. The molecule has 0 radical (unpaired) electrons. The van der Waals surface area contributed by atoms with Gasteiger partial charge in [-0.15, -0.1) is 0 Å². The zero-order valence-electron chi connectivity index (χ0n) is 10.9. The molecule has 0 aromatic heterocycles. The van der Waals surface area contributed by atoms with Crippen molar-refractivity contribution in [3.63, 3.8) is 0 Å². The fourth-order valence-electron chi connectivity index (χ4n) is 2.27. The number of nitrogens with one attached hydrogen (secondary N) is 1. The van der Waals surface area contributed by atoms with Crippen molar-refractivity contribution in [1.29, 1.82) is 0 Å². The van der Waals surface area contributed by atoms with E-state index in [1.54, 1.807) is 11.8 Å². The summed E-state index contributed by atoms with van der Waals surface area (Å²) in [5, 5.41) is 20.6. The summed E-state index contributed by atoms with van der Waals surface area (Å²) in [7, 11) is 0. The Morgan fingerprint density at radius 2 is 2.17 bits per heavy atom. The van der Waals surface area contributed by atoms with Crippen LogP contribution in [0.1, 0.15) is 26.7 Å². The molecular weight excluding hydrogens is 236 g/mol. The minimum atomic E-state index is -0.861. The first-order valence-corrected chi connectivity index (χ1v) is 6.32. The van der Waals surface area contributed by atoms with Crippen molar-refractivity contribution >= 4 is 12.0 Å². The van der Waals surface area contributed by atoms with Gasteiger partial charge in [-0.2, -0.15) is 0 Å². The molecule has 0 aromatic rings. The molecule has 3 atom stereocenters. The van der Waals surface area contributed by atoms with Crippen molar-refractivity contribution in [2.75, 3.05) is 19.7 Å². The summed E-state index contributed by atoms with van der Waals surface area (Å²) < 4.78 is 0. The third kappa shape index (κ3) is 3.87. The molecule has 1 rings (SSSR count). The van der Waals surface area contributed by atoms with Crippen molar-refractivity contribution in [1.82, 2.24) is 10.2 Å². The number of likely N-dealkylation sites (tertiary alicyclic amines) is 1. The van der Waals surface area contributed by atoms with Gasteiger partial charge in [0.1, 0.15) is 0 Å². The van der Waals surface area contributed by atoms with Crippen LogP contribution in [0.15, 0.2) is 0 Å². The molecule has 3 unspecified atom stereocenters. The number of carboxylic acid groups (broad SMARTS) is 1. The van der Waals surface area contributed by atoms with E-state index in [4.69, 9.17) is 5.11 Å². The van der Waals surface area contributed by atoms with Crippen molar-refractivity contribution in [3.8, 4) is 0 Å². The van der Waals surface area contributed by atoms with Gasteiger partial charge in [-0.1, -0.05) is 13.8 Å². The van der Waals surface area contributed by atoms with Gasteiger partial charge in [-0.3, -0.25) is 4.79 Å². The SMILES string of the molecule is CC(CNC(=O)N1CCC(C)C1CO)CC(=O)O. The number of amides is 2. The van der Waals surface area contributed by atoms with Crippen molar-refractivity contribution in [3.05, 3.63) is 0 Å². The number of rotatable bonds is 5. The number of carbonyl (C=O) groups is 2. The Balaban J connectivity index is 2.39. The lowest BCUT2D eigenvalue weighted by molar-refractivity contribution is -0.137. The minimum absolute atomic E-state index is 0.0285. The van der Waals surface area contributed by atoms with Crippen LogP contribution >= 0.6 is 0 Å². The van der Waals surface area contributed by atoms with E-state index in [1.165, 1.54) is 0 Å². The van der Waals surface area contributed by atoms with Gasteiger partial charge in [0.2, 0.25) is 0 Å². The standard InChI is InChI=1S/C12H22N2O4/c1-8(5-11(16)17)6-13-12(18)14-4-3-9(2)10(14)7-15/h8-10,15H,3-7H2,1-2H3,(H,13,18)(H,16,17). The Kier molecular flexibility index (Phi) is 5.40. The summed E-state index contributed by atoms with van der Waals surface area (Å²) in [5.74, 6) is -0.656. The van der Waals surface area contributed by atoms with Gasteiger partial charge in [-0.25, -0.2) is 4.79 Å². The maximum absolute atomic E-state index is 11.9. The van der Waals surface area contributed by atoms with Gasteiger partial charge < -0.3 is 20.4 Å². The van der Waals surface area contributed by atoms with E-state index >= 15 is 0 Å². The smallest absolute Gasteiger partial charge is 0.317 e. The highest BCUT2D eigenvalue weighted by atomic mass is 16.4. The number of carbonyl (C=O) groups excluding carboxylic acids is 1. The van der Waals surface area contributed by atoms with Gasteiger partial charge >= 0.3 is 12.0 Å². The van der Waals surface area contributed by atoms with Gasteiger partial charge in [0.15, 0.2) is 0 Å². The third-order valence-corrected chi connectivity index (χ3v) is 3.46. The van der Waals surface area contributed by atoms with E-state index < -0.39 is 5.97 Å². The summed E-state index contributed by atoms with van der Waals surface area (Å²) in [6.07, 6.45) is 0.934. The second kappa shape index (κ2) is 6.58. The Hall–Kier alpha value is -1.30. The molecule has 1 aliphatic heterocycles. The number of aliphatic hydroxyl groups is 1. The summed E-state index contributed by atoms with van der Waals surface area (Å²) in [5.41, 5.74) is 0. The van der Waals surface area contributed by atoms with Crippen LogP contribution in [-0.2, 0) is 4.79 Å². The van der Waals surface area contributed by atoms with Gasteiger partial charge in [0, 0.05) is 19.5 Å². The van der Waals surface area contributed by atoms with Crippen LogP contribution in [0.2, 0.25) is 0 Å². The number of hydrogen-bond donors (Lipinski definition) is 3. The highest BCUT2D eigenvalue weighted by Gasteiger charge is 2.33. The fraction of sp³-hybridized carbons (Fsp3) is 0.833. The first-order chi connectivity index (χ1) is 8.45. The largest absolute Gasteiger partial charge is 0.481 e. The predicted molar refractivity (Wildman–Crippen MR) is 66.2 cm³/mol. The Labute approximate surface area is 107 Å². The van der Waals surface area contributed by atoms with E-state index in [2.05, 4.69) is 5.32 Å². The van der Waals surface area contributed by atoms with E-state index in [0.717, 1.165) is 6.42 Å². The zero-order chi connectivity index (χ0) is 13.7. The van der Waals surface area contributed by atoms with Crippen LogP contribution in [-0.4, -0.2) is 52.9 Å². The summed E-state index contributed by atoms with van der Waals surface area (Å²) in [6.45, 7) is 4.75. The Morgan fingerprint density at radius 1 is 1.50 bits per heavy atom. The molecule has 1 fully saturated rings. The molecule has 1 saturated heterocycles. The maximum atomic E-state index is 11.9. The molecule has 0 aliphatic carbocycles. The van der Waals surface area contributed by atoms with Crippen LogP contribution in [0.5, 0.6) is 0 Å². The minimum Gasteiger partial charge on any atom is -0.481 e. The number of aliphatic carboxylic acids is 1. The monoisotopic (exact) mass is 258 g/mol. The molecule has 1 heterocycles. The lowest BCUT2D eigenvalue weighted by Gasteiger charge is -2.26. The average molecular weight is 258 g/mol. The molecule has 1 aliphatic rings. The molecule has 0 saturated carbocycles. The normalized spacial score (nSPS) is 24.9. The van der Waals surface area contributed by atoms with Crippen LogP contribution in [0.4, 0.5) is 4.79 Å². The lowest BCUT2D eigenvalue weighted by Crippen LogP contribution is -2.46. The number of aliphatic hydroxyl groups excluding tert-OH is 1. The fourth-order valence-corrected chi connectivity index (χ4v) is 2.27. The van der Waals surface area contributed by atoms with Crippen LogP contribution in [0, 0.1) is 11.8 Å². The van der Waals surface area contributed by atoms with Gasteiger partial charge in [0.25, 0.3) is 0 Å². The predicted octanol–water partition coefficient (Wildman–Crippen LogP) is 0.509. The molecule has 0 bridgehead atoms. The second-order valence-corrected chi connectivity index (χ2v) is 5.10. The first-order valence-electron chi connectivity index (χ1n) is 6.32. The summed E-state index contributed by atoms with van der Waals surface area (Å²) >= 11 is 0. The van der Waals surface area contributed by atoms with Crippen LogP contribution < -0.4 is 5.32 Å². The van der Waals surface area contributed by atoms with E-state index in [1.807, 2.05) is 6.92 Å². The highest BCUT2D eigenvalue weighted by molar-refractivity contribution is 5.75. The number of hydrogen-bond acceptors (Lipinski definition) is 3. The Morgan fingerprint density at radius 3 is 2.72 bits per heavy atom. The van der Waals surface area contributed by atoms with Crippen molar-refractivity contribution in [2.24, 2.45) is 11.8 Å². The number of urea groups is 1. The van der Waals surface area contributed by atoms with E-state index in [9.17, 15) is 14.7 Å². The lowest BCUT2D eigenvalue weighted by atomic mass is 10.0. The van der Waals surface area contributed by atoms with Gasteiger partial charge in [0.05, 0.1) is 12.6 Å². The van der Waals surface area contributed by atoms with Crippen molar-refractivity contribution in [2.45, 2.75) is 32.7 Å². The molecule has 0 spiro atoms. The molecule has 104 valence electrons. The average Bonchev–Trinajstić information content (AvgIpc) is 2.66. The molecule has 0 aromatic carbocycles. The molecule has 6 heteroatoms. The number of nitrogens with zero attached hydrogens (tertiary/aromatic N) is 1. The Bertz CT molecular complexity index is 308. The zero-order valence-corrected chi connectivity index (χ0v) is 10.9. The van der Waals surface area contributed by atoms with E-state index in [0.29, 0.717) is 19.0 Å². The van der Waals surface area contributed by atoms with Gasteiger partial charge in [-0.05, 0) is 18.3 Å². The third-order valence-electron chi connectivity index (χ3n) is 3.46. The summed E-state index contributed by atoms with van der Waals surface area (Å²) in [4.78, 5) is 24.0. The quantitative estimate of drug-likeness (QED) is 0.670. The van der Waals surface area contributed by atoms with Crippen LogP contribution in [0.3, 0.4) is 0 Å². The first kappa shape index (κ1) is 14.8. The van der Waals surface area contributed by atoms with Crippen molar-refractivity contribution < 1.29 is 19.8 Å². The highest BCUT2D eigenvalue weighted by Crippen LogP contribution is 2.23. The second-order valence-electron chi connectivity index (χ2n) is 5.10. The summed E-state index contributed by atoms with van der Waals surface area (Å²) in [6, 6.07) is -0.338. The molecule has 3 N–H and O–H groups in total. The van der Waals surface area contributed by atoms with Crippen LogP contribution in [0.25, 0.3) is 0 Å². The van der Waals surface area contributed by atoms with E-state index in [-0.39, 0.29) is 31.0 Å². The number of carboxylic acids is 1. The molecular formula is C12H22N2O4. The molecule has 2 amide bonds.